The van der Waals surface area contributed by atoms with Crippen molar-refractivity contribution in [2.75, 3.05) is 0 Å². The van der Waals surface area contributed by atoms with Crippen LogP contribution in [0.15, 0.2) is 0 Å². The summed E-state index contributed by atoms with van der Waals surface area (Å²) in [5, 5.41) is 51.7. The molecule has 1 amide bonds. The Hall–Kier alpha value is -2.81. The summed E-state index contributed by atoms with van der Waals surface area (Å²) in [6, 6.07) is -0.483. The molecule has 0 bridgehead atoms. The molecule has 0 aromatic rings. The zero-order chi connectivity index (χ0) is 39.9. The van der Waals surface area contributed by atoms with Gasteiger partial charge in [0, 0.05) is 12.1 Å². The zero-order valence-electron chi connectivity index (χ0n) is 32.8. The van der Waals surface area contributed by atoms with Gasteiger partial charge in [0.15, 0.2) is 0 Å². The third-order valence-electron chi connectivity index (χ3n) is 15.2. The molecule has 7 unspecified atom stereocenters. The van der Waals surface area contributed by atoms with E-state index in [0.717, 1.165) is 77.0 Å². The monoisotopic (exact) mass is 790 g/mol. The van der Waals surface area contributed by atoms with Gasteiger partial charge in [-0.3, -0.25) is 24.0 Å². The van der Waals surface area contributed by atoms with E-state index < -0.39 is 65.4 Å². The van der Waals surface area contributed by atoms with Gasteiger partial charge in [0.2, 0.25) is 5.91 Å². The predicted molar refractivity (Wildman–Crippen MR) is 201 cm³/mol. The van der Waals surface area contributed by atoms with E-state index in [1.807, 2.05) is 0 Å². The lowest BCUT2D eigenvalue weighted by Gasteiger charge is -2.43. The minimum Gasteiger partial charge on any atom is -0.481 e. The summed E-state index contributed by atoms with van der Waals surface area (Å²) < 4.78 is 13.2. The number of hydrogen-bond donors (Lipinski definition) is 7. The molecule has 14 heteroatoms. The lowest BCUT2D eigenvalue weighted by atomic mass is 9.66. The van der Waals surface area contributed by atoms with Gasteiger partial charge in [-0.05, 0) is 165 Å². The summed E-state index contributed by atoms with van der Waals surface area (Å²) in [5.74, 6) is -6.60. The van der Waals surface area contributed by atoms with Crippen LogP contribution in [0.5, 0.6) is 0 Å². The topological polar surface area (TPSA) is 229 Å². The van der Waals surface area contributed by atoms with Crippen molar-refractivity contribution < 1.29 is 59.1 Å². The molecular formula is C42H66N2O12. The highest BCUT2D eigenvalue weighted by molar-refractivity contribution is 5.86. The lowest BCUT2D eigenvalue weighted by Crippen LogP contribution is -2.49. The number of hydrogen-bond acceptors (Lipinski definition) is 9. The highest BCUT2D eigenvalue weighted by atomic mass is 16.5. The molecule has 0 heterocycles. The molecule has 7 atom stereocenters. The molecule has 6 saturated carbocycles. The first kappa shape index (κ1) is 42.8. The molecule has 0 saturated heterocycles. The van der Waals surface area contributed by atoms with E-state index in [2.05, 4.69) is 10.8 Å². The van der Waals surface area contributed by atoms with Gasteiger partial charge in [-0.25, -0.2) is 5.48 Å². The standard InChI is InChI=1S/C42H66N2O12/c45-38(36-22-27(40(48)49)8-20-34(36)42(52)53)43-28-9-17-32(18-10-28)56-30-13-3-24(4-14-30)23-1-11-29(12-2-23)55-31-15-5-25(6-16-31)37(44-54)35-21-26(39(46)47)7-19-33(35)41(50)51/h23-37,44,54H,1-22H2,(H,43,45)(H,46,47)(H,48,49)(H,50,51)(H,52,53). The Labute approximate surface area is 330 Å². The molecular weight excluding hydrogens is 724 g/mol. The van der Waals surface area contributed by atoms with Crippen molar-refractivity contribution in [2.45, 2.75) is 178 Å². The Balaban J connectivity index is 0.854. The number of ether oxygens (including phenoxy) is 2. The van der Waals surface area contributed by atoms with Crippen molar-refractivity contribution in [1.82, 2.24) is 10.8 Å². The molecule has 7 N–H and O–H groups in total. The largest absolute Gasteiger partial charge is 0.481 e. The van der Waals surface area contributed by atoms with Crippen molar-refractivity contribution in [3.8, 4) is 0 Å². The van der Waals surface area contributed by atoms with Crippen LogP contribution in [0.3, 0.4) is 0 Å². The van der Waals surface area contributed by atoms with E-state index in [0.29, 0.717) is 24.7 Å². The van der Waals surface area contributed by atoms with E-state index in [1.54, 1.807) is 0 Å². The molecule has 0 aromatic heterocycles. The highest BCUT2D eigenvalue weighted by Crippen LogP contribution is 2.44. The van der Waals surface area contributed by atoms with Crippen molar-refractivity contribution >= 4 is 29.8 Å². The second-order valence-corrected chi connectivity index (χ2v) is 18.4. The Kier molecular flexibility index (Phi) is 15.1. The minimum absolute atomic E-state index is 0.0436. The summed E-state index contributed by atoms with van der Waals surface area (Å²) in [5.41, 5.74) is 2.42. The number of carboxylic acids is 4. The summed E-state index contributed by atoms with van der Waals surface area (Å²) in [6.07, 6.45) is 17.9. The quantitative estimate of drug-likeness (QED) is 0.102. The molecule has 316 valence electrons. The SMILES string of the molecule is O=C(O)C1CCC(C(=O)O)C(C(=O)NC2CCC(OC3CCC(C4CCC(OC5CCC(C(NO)C6CC(C(=O)O)CCC6C(=O)O)CC5)CC4)CC3)CC2)C1. The fourth-order valence-electron chi connectivity index (χ4n) is 11.8. The maximum atomic E-state index is 13.1. The van der Waals surface area contributed by atoms with Gasteiger partial charge < -0.3 is 40.4 Å². The molecule has 0 radical (unpaired) electrons. The normalized spacial score (nSPS) is 40.2. The van der Waals surface area contributed by atoms with E-state index >= 15 is 0 Å². The Morgan fingerprint density at radius 2 is 0.893 bits per heavy atom. The average Bonchev–Trinajstić information content (AvgIpc) is 3.19. The van der Waals surface area contributed by atoms with Crippen LogP contribution in [0.4, 0.5) is 0 Å². The van der Waals surface area contributed by atoms with Crippen LogP contribution >= 0.6 is 0 Å². The number of rotatable bonds is 14. The second-order valence-electron chi connectivity index (χ2n) is 18.4. The van der Waals surface area contributed by atoms with Gasteiger partial charge in [0.1, 0.15) is 0 Å². The van der Waals surface area contributed by atoms with Gasteiger partial charge in [0.05, 0.1) is 54.0 Å². The summed E-state index contributed by atoms with van der Waals surface area (Å²) in [4.78, 5) is 60.2. The fourth-order valence-corrected chi connectivity index (χ4v) is 11.8. The second kappa shape index (κ2) is 19.8. The van der Waals surface area contributed by atoms with E-state index in [-0.39, 0.29) is 68.0 Å². The highest BCUT2D eigenvalue weighted by Gasteiger charge is 2.45. The van der Waals surface area contributed by atoms with Crippen LogP contribution in [-0.4, -0.2) is 91.9 Å². The maximum Gasteiger partial charge on any atom is 0.307 e. The Bertz CT molecular complexity index is 1350. The molecule has 6 rings (SSSR count). The van der Waals surface area contributed by atoms with Crippen molar-refractivity contribution in [1.29, 1.82) is 0 Å². The first-order chi connectivity index (χ1) is 26.9. The van der Waals surface area contributed by atoms with Crippen molar-refractivity contribution in [2.24, 2.45) is 53.3 Å². The van der Waals surface area contributed by atoms with Crippen LogP contribution in [0, 0.1) is 53.3 Å². The summed E-state index contributed by atoms with van der Waals surface area (Å²) >= 11 is 0. The summed E-state index contributed by atoms with van der Waals surface area (Å²) in [6.45, 7) is 0. The van der Waals surface area contributed by atoms with Gasteiger partial charge >= 0.3 is 23.9 Å². The molecule has 6 aliphatic rings. The van der Waals surface area contributed by atoms with Gasteiger partial charge in [0.25, 0.3) is 0 Å². The number of carbonyl (C=O) groups excluding carboxylic acids is 1. The van der Waals surface area contributed by atoms with Gasteiger partial charge in [-0.15, -0.1) is 0 Å². The van der Waals surface area contributed by atoms with Crippen LogP contribution in [0.25, 0.3) is 0 Å². The van der Waals surface area contributed by atoms with Crippen LogP contribution in [0.1, 0.15) is 141 Å². The predicted octanol–water partition coefficient (Wildman–Crippen LogP) is 5.87. The van der Waals surface area contributed by atoms with E-state index in [4.69, 9.17) is 9.47 Å². The number of carbonyl (C=O) groups is 5. The first-order valence-electron chi connectivity index (χ1n) is 21.8. The Morgan fingerprint density at radius 1 is 0.464 bits per heavy atom. The van der Waals surface area contributed by atoms with Crippen molar-refractivity contribution in [3.63, 3.8) is 0 Å². The molecule has 6 aliphatic carbocycles. The third-order valence-corrected chi connectivity index (χ3v) is 15.2. The number of aliphatic carboxylic acids is 4. The summed E-state index contributed by atoms with van der Waals surface area (Å²) in [7, 11) is 0. The number of nitrogens with one attached hydrogen (secondary N) is 2. The lowest BCUT2D eigenvalue weighted by molar-refractivity contribution is -0.154. The number of amides is 1. The maximum absolute atomic E-state index is 13.1. The molecule has 6 fully saturated rings. The minimum atomic E-state index is -1.03. The van der Waals surface area contributed by atoms with Crippen LogP contribution in [-0.2, 0) is 33.4 Å². The van der Waals surface area contributed by atoms with E-state index in [1.165, 1.54) is 25.7 Å². The zero-order valence-corrected chi connectivity index (χ0v) is 32.8. The van der Waals surface area contributed by atoms with E-state index in [9.17, 15) is 49.6 Å². The third kappa shape index (κ3) is 10.8. The molecule has 0 spiro atoms. The molecule has 0 aromatic carbocycles. The number of carboxylic acid groups (broad SMARTS) is 4. The smallest absolute Gasteiger partial charge is 0.307 e. The Morgan fingerprint density at radius 3 is 1.34 bits per heavy atom. The van der Waals surface area contributed by atoms with Gasteiger partial charge in [-0.1, -0.05) is 0 Å². The molecule has 14 nitrogen and oxygen atoms in total. The van der Waals surface area contributed by atoms with Crippen molar-refractivity contribution in [3.05, 3.63) is 0 Å². The number of hydroxylamine groups is 1. The van der Waals surface area contributed by atoms with Crippen LogP contribution in [0.2, 0.25) is 0 Å². The average molecular weight is 791 g/mol. The van der Waals surface area contributed by atoms with Gasteiger partial charge in [-0.2, -0.15) is 0 Å². The first-order valence-corrected chi connectivity index (χ1v) is 21.8. The fraction of sp³-hybridized carbons (Fsp3) is 0.881. The molecule has 0 aliphatic heterocycles. The molecule has 56 heavy (non-hydrogen) atoms. The van der Waals surface area contributed by atoms with Crippen LogP contribution < -0.4 is 10.8 Å².